The molecule has 0 saturated carbocycles. The molecule has 1 aliphatic rings. The minimum Gasteiger partial charge on any atom is -0.313 e. The SMILES string of the molecule is c1ccc2c(CNCCCN3CCN(CCCNCc4cccc5ccccc45)CC3)cccc2c1. The van der Waals surface area contributed by atoms with Crippen molar-refractivity contribution in [2.24, 2.45) is 0 Å². The maximum atomic E-state index is 3.66. The fourth-order valence-corrected chi connectivity index (χ4v) is 5.43. The minimum absolute atomic E-state index is 0.948. The van der Waals surface area contributed by atoms with E-state index in [1.807, 2.05) is 0 Å². The van der Waals surface area contributed by atoms with Gasteiger partial charge < -0.3 is 20.4 Å². The molecule has 0 aromatic heterocycles. The lowest BCUT2D eigenvalue weighted by Crippen LogP contribution is -2.47. The maximum Gasteiger partial charge on any atom is 0.0211 e. The Bertz CT molecular complexity index is 1120. The van der Waals surface area contributed by atoms with Crippen LogP contribution in [-0.2, 0) is 13.1 Å². The molecule has 0 atom stereocenters. The summed E-state index contributed by atoms with van der Waals surface area (Å²) in [6.45, 7) is 11.2. The van der Waals surface area contributed by atoms with Crippen LogP contribution >= 0.6 is 0 Å². The van der Waals surface area contributed by atoms with Gasteiger partial charge >= 0.3 is 0 Å². The van der Waals surface area contributed by atoms with E-state index in [1.54, 1.807) is 0 Å². The standard InChI is InChI=1S/C32H40N4/c1-3-15-31-27(9-1)11-5-13-29(31)25-33-17-7-19-35-21-23-36(24-22-35)20-8-18-34-26-30-14-6-12-28-10-2-4-16-32(28)30/h1-6,9-16,33-34H,7-8,17-26H2. The number of fused-ring (bicyclic) bond motifs is 2. The van der Waals surface area contributed by atoms with E-state index in [-0.39, 0.29) is 0 Å². The molecule has 4 heteroatoms. The molecule has 2 N–H and O–H groups in total. The summed E-state index contributed by atoms with van der Waals surface area (Å²) >= 11 is 0. The van der Waals surface area contributed by atoms with Crippen LogP contribution in [0, 0.1) is 0 Å². The molecule has 1 saturated heterocycles. The summed E-state index contributed by atoms with van der Waals surface area (Å²) in [7, 11) is 0. The third-order valence-electron chi connectivity index (χ3n) is 7.51. The van der Waals surface area contributed by atoms with Crippen LogP contribution < -0.4 is 10.6 Å². The molecular weight excluding hydrogens is 440 g/mol. The van der Waals surface area contributed by atoms with Crippen molar-refractivity contribution >= 4 is 21.5 Å². The van der Waals surface area contributed by atoms with Gasteiger partial charge in [0.25, 0.3) is 0 Å². The third-order valence-corrected chi connectivity index (χ3v) is 7.51. The zero-order valence-electron chi connectivity index (χ0n) is 21.5. The molecule has 5 rings (SSSR count). The van der Waals surface area contributed by atoms with Gasteiger partial charge in [-0.25, -0.2) is 0 Å². The first kappa shape index (κ1) is 24.9. The number of benzene rings is 4. The highest BCUT2D eigenvalue weighted by molar-refractivity contribution is 5.86. The minimum atomic E-state index is 0.948. The van der Waals surface area contributed by atoms with Gasteiger partial charge in [-0.3, -0.25) is 0 Å². The van der Waals surface area contributed by atoms with E-state index in [2.05, 4.69) is 105 Å². The van der Waals surface area contributed by atoms with Crippen molar-refractivity contribution < 1.29 is 0 Å². The second kappa shape index (κ2) is 13.0. The first-order valence-corrected chi connectivity index (χ1v) is 13.7. The fourth-order valence-electron chi connectivity index (χ4n) is 5.43. The average Bonchev–Trinajstić information content (AvgIpc) is 2.93. The molecule has 1 fully saturated rings. The second-order valence-electron chi connectivity index (χ2n) is 10.0. The van der Waals surface area contributed by atoms with E-state index in [0.717, 1.165) is 26.2 Å². The Balaban J connectivity index is 0.924. The quantitative estimate of drug-likeness (QED) is 0.271. The van der Waals surface area contributed by atoms with E-state index >= 15 is 0 Å². The Kier molecular flexibility index (Phi) is 8.98. The summed E-state index contributed by atoms with van der Waals surface area (Å²) in [5, 5.41) is 12.7. The van der Waals surface area contributed by atoms with Crippen molar-refractivity contribution in [3.63, 3.8) is 0 Å². The normalized spacial score (nSPS) is 15.1. The molecule has 188 valence electrons. The Morgan fingerprint density at radius 2 is 0.917 bits per heavy atom. The van der Waals surface area contributed by atoms with Gasteiger partial charge in [0.15, 0.2) is 0 Å². The van der Waals surface area contributed by atoms with Crippen LogP contribution in [-0.4, -0.2) is 62.2 Å². The summed E-state index contributed by atoms with van der Waals surface area (Å²) in [6.07, 6.45) is 2.42. The fraction of sp³-hybridized carbons (Fsp3) is 0.375. The van der Waals surface area contributed by atoms with Crippen LogP contribution in [0.15, 0.2) is 84.9 Å². The van der Waals surface area contributed by atoms with E-state index in [9.17, 15) is 0 Å². The lowest BCUT2D eigenvalue weighted by molar-refractivity contribution is 0.130. The number of rotatable bonds is 12. The van der Waals surface area contributed by atoms with Gasteiger partial charge in [0.1, 0.15) is 0 Å². The molecule has 36 heavy (non-hydrogen) atoms. The summed E-state index contributed by atoms with van der Waals surface area (Å²) in [6, 6.07) is 30.6. The van der Waals surface area contributed by atoms with E-state index in [0.29, 0.717) is 0 Å². The van der Waals surface area contributed by atoms with E-state index in [4.69, 9.17) is 0 Å². The first-order valence-electron chi connectivity index (χ1n) is 13.7. The molecular formula is C32H40N4. The molecule has 0 aliphatic carbocycles. The Morgan fingerprint density at radius 3 is 1.39 bits per heavy atom. The van der Waals surface area contributed by atoms with Gasteiger partial charge in [-0.2, -0.15) is 0 Å². The van der Waals surface area contributed by atoms with Gasteiger partial charge in [-0.1, -0.05) is 84.9 Å². The molecule has 1 aliphatic heterocycles. The molecule has 0 bridgehead atoms. The maximum absolute atomic E-state index is 3.66. The number of hydrogen-bond donors (Lipinski definition) is 2. The van der Waals surface area contributed by atoms with Crippen molar-refractivity contribution in [1.82, 2.24) is 20.4 Å². The van der Waals surface area contributed by atoms with Crippen LogP contribution in [0.5, 0.6) is 0 Å². The average molecular weight is 481 g/mol. The highest BCUT2D eigenvalue weighted by atomic mass is 15.3. The number of hydrogen-bond acceptors (Lipinski definition) is 4. The predicted molar refractivity (Wildman–Crippen MR) is 153 cm³/mol. The molecule has 0 amide bonds. The van der Waals surface area contributed by atoms with E-state index in [1.165, 1.54) is 84.8 Å². The van der Waals surface area contributed by atoms with Gasteiger partial charge in [0.2, 0.25) is 0 Å². The largest absolute Gasteiger partial charge is 0.313 e. The van der Waals surface area contributed by atoms with Crippen molar-refractivity contribution in [3.05, 3.63) is 96.1 Å². The van der Waals surface area contributed by atoms with Crippen molar-refractivity contribution in [2.75, 3.05) is 52.4 Å². The first-order chi connectivity index (χ1) is 17.9. The van der Waals surface area contributed by atoms with Crippen LogP contribution in [0.4, 0.5) is 0 Å². The third kappa shape index (κ3) is 6.71. The summed E-state index contributed by atoms with van der Waals surface area (Å²) in [5.41, 5.74) is 2.79. The van der Waals surface area contributed by atoms with Crippen molar-refractivity contribution in [3.8, 4) is 0 Å². The molecule has 4 nitrogen and oxygen atoms in total. The predicted octanol–water partition coefficient (Wildman–Crippen LogP) is 5.27. The Labute approximate surface area is 216 Å². The number of nitrogens with one attached hydrogen (secondary N) is 2. The van der Waals surface area contributed by atoms with Crippen LogP contribution in [0.25, 0.3) is 21.5 Å². The molecule has 4 aromatic carbocycles. The second-order valence-corrected chi connectivity index (χ2v) is 10.0. The zero-order chi connectivity index (χ0) is 24.4. The van der Waals surface area contributed by atoms with Gasteiger partial charge in [0.05, 0.1) is 0 Å². The van der Waals surface area contributed by atoms with Gasteiger partial charge in [-0.05, 0) is 71.7 Å². The molecule has 0 radical (unpaired) electrons. The molecule has 0 spiro atoms. The smallest absolute Gasteiger partial charge is 0.0211 e. The molecule has 1 heterocycles. The van der Waals surface area contributed by atoms with Gasteiger partial charge in [-0.15, -0.1) is 0 Å². The van der Waals surface area contributed by atoms with Crippen molar-refractivity contribution in [1.29, 1.82) is 0 Å². The Hall–Kier alpha value is -2.76. The summed E-state index contributed by atoms with van der Waals surface area (Å²) in [5.74, 6) is 0. The lowest BCUT2D eigenvalue weighted by Gasteiger charge is -2.34. The van der Waals surface area contributed by atoms with Crippen molar-refractivity contribution in [2.45, 2.75) is 25.9 Å². The molecule has 4 aromatic rings. The van der Waals surface area contributed by atoms with Crippen LogP contribution in [0.2, 0.25) is 0 Å². The van der Waals surface area contributed by atoms with E-state index < -0.39 is 0 Å². The van der Waals surface area contributed by atoms with Crippen LogP contribution in [0.3, 0.4) is 0 Å². The van der Waals surface area contributed by atoms with Crippen LogP contribution in [0.1, 0.15) is 24.0 Å². The zero-order valence-corrected chi connectivity index (χ0v) is 21.5. The highest BCUT2D eigenvalue weighted by Crippen LogP contribution is 2.19. The summed E-state index contributed by atoms with van der Waals surface area (Å²) < 4.78 is 0. The monoisotopic (exact) mass is 480 g/mol. The lowest BCUT2D eigenvalue weighted by atomic mass is 10.0. The highest BCUT2D eigenvalue weighted by Gasteiger charge is 2.15. The number of nitrogens with zero attached hydrogens (tertiary/aromatic N) is 2. The van der Waals surface area contributed by atoms with Gasteiger partial charge in [0, 0.05) is 39.3 Å². The number of piperazine rings is 1. The Morgan fingerprint density at radius 1 is 0.500 bits per heavy atom. The molecule has 0 unspecified atom stereocenters. The summed E-state index contributed by atoms with van der Waals surface area (Å²) in [4.78, 5) is 5.27. The topological polar surface area (TPSA) is 30.5 Å².